The lowest BCUT2D eigenvalue weighted by molar-refractivity contribution is 0.0697. The number of carbonyl (C=O) groups excluding carboxylic acids is 1. The summed E-state index contributed by atoms with van der Waals surface area (Å²) in [5, 5.41) is 14.5. The minimum atomic E-state index is -0.992. The normalized spacial score (nSPS) is 10.7. The number of aryl methyl sites for hydroxylation is 1. The molecule has 1 amide bonds. The number of hydrogen-bond donors (Lipinski definition) is 2. The molecule has 3 rings (SSSR count). The van der Waals surface area contributed by atoms with Gasteiger partial charge in [0.05, 0.1) is 20.8 Å². The Hall–Kier alpha value is -2.32. The zero-order chi connectivity index (χ0) is 15.0. The number of benzene rings is 1. The smallest absolute Gasteiger partial charge is 0.335 e. The van der Waals surface area contributed by atoms with Gasteiger partial charge >= 0.3 is 5.97 Å². The summed E-state index contributed by atoms with van der Waals surface area (Å²) in [6.07, 6.45) is 0. The molecule has 0 spiro atoms. The largest absolute Gasteiger partial charge is 0.478 e. The summed E-state index contributed by atoms with van der Waals surface area (Å²) >= 11 is 2.63. The molecular weight excluding hydrogens is 310 g/mol. The molecule has 0 aliphatic rings. The molecule has 0 aliphatic heterocycles. The fourth-order valence-electron chi connectivity index (χ4n) is 1.74. The van der Waals surface area contributed by atoms with Crippen molar-refractivity contribution in [3.63, 3.8) is 0 Å². The summed E-state index contributed by atoms with van der Waals surface area (Å²) in [6.45, 7) is 1.83. The molecule has 0 aliphatic carbocycles. The molecule has 0 radical (unpaired) electrons. The van der Waals surface area contributed by atoms with Crippen LogP contribution in [0.3, 0.4) is 0 Å². The second-order valence-electron chi connectivity index (χ2n) is 4.21. The monoisotopic (exact) mass is 319 g/mol. The third-order valence-electron chi connectivity index (χ3n) is 2.71. The molecule has 3 aromatic rings. The van der Waals surface area contributed by atoms with Gasteiger partial charge in [-0.1, -0.05) is 11.3 Å². The lowest BCUT2D eigenvalue weighted by Gasteiger charge is -1.96. The first-order valence-corrected chi connectivity index (χ1v) is 7.60. The van der Waals surface area contributed by atoms with Gasteiger partial charge in [-0.25, -0.2) is 14.8 Å². The highest BCUT2D eigenvalue weighted by Crippen LogP contribution is 2.27. The molecule has 0 saturated carbocycles. The Morgan fingerprint density at radius 2 is 2.10 bits per heavy atom. The van der Waals surface area contributed by atoms with Crippen LogP contribution >= 0.6 is 22.7 Å². The maximum Gasteiger partial charge on any atom is 0.335 e. The van der Waals surface area contributed by atoms with E-state index in [1.165, 1.54) is 34.8 Å². The van der Waals surface area contributed by atoms with Gasteiger partial charge in [0.15, 0.2) is 5.13 Å². The first-order valence-electron chi connectivity index (χ1n) is 5.90. The highest BCUT2D eigenvalue weighted by Gasteiger charge is 2.13. The summed E-state index contributed by atoms with van der Waals surface area (Å²) in [5.41, 5.74) is 1.19. The van der Waals surface area contributed by atoms with Crippen molar-refractivity contribution in [2.45, 2.75) is 6.92 Å². The molecule has 0 bridgehead atoms. The van der Waals surface area contributed by atoms with Crippen LogP contribution in [0.25, 0.3) is 10.2 Å². The lowest BCUT2D eigenvalue weighted by Crippen LogP contribution is -2.11. The quantitative estimate of drug-likeness (QED) is 0.774. The summed E-state index contributed by atoms with van der Waals surface area (Å²) in [6, 6.07) is 4.65. The molecule has 2 aromatic heterocycles. The minimum absolute atomic E-state index is 0.194. The Balaban J connectivity index is 1.87. The zero-order valence-electron chi connectivity index (χ0n) is 10.8. The van der Waals surface area contributed by atoms with Crippen LogP contribution in [0, 0.1) is 6.92 Å². The van der Waals surface area contributed by atoms with Gasteiger partial charge in [0, 0.05) is 5.38 Å². The van der Waals surface area contributed by atoms with Crippen molar-refractivity contribution < 1.29 is 14.7 Å². The van der Waals surface area contributed by atoms with Crippen molar-refractivity contribution in [2.75, 3.05) is 5.32 Å². The topological polar surface area (TPSA) is 92.2 Å². The number of fused-ring (bicyclic) bond motifs is 1. The van der Waals surface area contributed by atoms with Crippen LogP contribution in [0.1, 0.15) is 25.9 Å². The van der Waals surface area contributed by atoms with Crippen molar-refractivity contribution in [3.05, 3.63) is 39.8 Å². The van der Waals surface area contributed by atoms with E-state index < -0.39 is 5.97 Å². The van der Waals surface area contributed by atoms with E-state index in [0.717, 1.165) is 5.01 Å². The number of nitrogens with zero attached hydrogens (tertiary/aromatic N) is 2. The Morgan fingerprint density at radius 3 is 2.76 bits per heavy atom. The molecular formula is C13H9N3O3S2. The number of carbonyl (C=O) groups is 2. The van der Waals surface area contributed by atoms with Gasteiger partial charge in [0.2, 0.25) is 0 Å². The molecule has 8 heteroatoms. The Labute approximate surface area is 127 Å². The van der Waals surface area contributed by atoms with Gasteiger partial charge in [0.25, 0.3) is 5.91 Å². The van der Waals surface area contributed by atoms with Gasteiger partial charge < -0.3 is 5.11 Å². The van der Waals surface area contributed by atoms with Crippen LogP contribution < -0.4 is 5.32 Å². The number of aromatic carboxylic acids is 1. The Kier molecular flexibility index (Phi) is 3.40. The molecule has 2 N–H and O–H groups in total. The SMILES string of the molecule is Cc1nc(C(=O)Nc2nc3ccc(C(=O)O)cc3s2)cs1. The number of rotatable bonds is 3. The predicted molar refractivity (Wildman–Crippen MR) is 81.4 cm³/mol. The molecule has 0 atom stereocenters. The van der Waals surface area contributed by atoms with Crippen LogP contribution in [0.4, 0.5) is 5.13 Å². The van der Waals surface area contributed by atoms with E-state index in [1.807, 2.05) is 6.92 Å². The molecule has 1 aromatic carbocycles. The Bertz CT molecular complexity index is 853. The van der Waals surface area contributed by atoms with Gasteiger partial charge in [-0.05, 0) is 25.1 Å². The molecule has 6 nitrogen and oxygen atoms in total. The molecule has 0 saturated heterocycles. The van der Waals surface area contributed by atoms with Crippen molar-refractivity contribution in [2.24, 2.45) is 0 Å². The number of carboxylic acid groups (broad SMARTS) is 1. The molecule has 106 valence electrons. The fraction of sp³-hybridized carbons (Fsp3) is 0.0769. The third-order valence-corrected chi connectivity index (χ3v) is 4.41. The number of thiazole rings is 2. The number of nitrogens with one attached hydrogen (secondary N) is 1. The van der Waals surface area contributed by atoms with E-state index in [-0.39, 0.29) is 11.5 Å². The van der Waals surface area contributed by atoms with E-state index in [9.17, 15) is 9.59 Å². The molecule has 0 fully saturated rings. The zero-order valence-corrected chi connectivity index (χ0v) is 12.4. The number of aromatic nitrogens is 2. The summed E-state index contributed by atoms with van der Waals surface area (Å²) in [5.74, 6) is -1.31. The summed E-state index contributed by atoms with van der Waals surface area (Å²) < 4.78 is 0.708. The number of anilines is 1. The highest BCUT2D eigenvalue weighted by molar-refractivity contribution is 7.22. The van der Waals surface area contributed by atoms with Crippen LogP contribution in [-0.2, 0) is 0 Å². The van der Waals surface area contributed by atoms with Crippen molar-refractivity contribution in [3.8, 4) is 0 Å². The van der Waals surface area contributed by atoms with E-state index in [4.69, 9.17) is 5.11 Å². The van der Waals surface area contributed by atoms with Crippen LogP contribution in [0.15, 0.2) is 23.6 Å². The number of carboxylic acids is 1. The highest BCUT2D eigenvalue weighted by atomic mass is 32.1. The minimum Gasteiger partial charge on any atom is -0.478 e. The van der Waals surface area contributed by atoms with Crippen molar-refractivity contribution >= 4 is 49.9 Å². The summed E-state index contributed by atoms with van der Waals surface area (Å²) in [4.78, 5) is 31.3. The second-order valence-corrected chi connectivity index (χ2v) is 6.31. The Morgan fingerprint density at radius 1 is 1.29 bits per heavy atom. The van der Waals surface area contributed by atoms with Gasteiger partial charge in [-0.3, -0.25) is 10.1 Å². The van der Waals surface area contributed by atoms with Gasteiger partial charge in [0.1, 0.15) is 5.69 Å². The van der Waals surface area contributed by atoms with Crippen LogP contribution in [0.2, 0.25) is 0 Å². The first-order chi connectivity index (χ1) is 10.0. The van der Waals surface area contributed by atoms with Gasteiger partial charge in [-0.15, -0.1) is 11.3 Å². The second kappa shape index (κ2) is 5.23. The van der Waals surface area contributed by atoms with E-state index in [2.05, 4.69) is 15.3 Å². The first kappa shape index (κ1) is 13.7. The average molecular weight is 319 g/mol. The lowest BCUT2D eigenvalue weighted by atomic mass is 10.2. The predicted octanol–water partition coefficient (Wildman–Crippen LogP) is 3.01. The molecule has 21 heavy (non-hydrogen) atoms. The van der Waals surface area contributed by atoms with Gasteiger partial charge in [-0.2, -0.15) is 0 Å². The van der Waals surface area contributed by atoms with Crippen molar-refractivity contribution in [1.82, 2.24) is 9.97 Å². The number of amides is 1. The molecule has 0 unspecified atom stereocenters. The van der Waals surface area contributed by atoms with Crippen LogP contribution in [-0.4, -0.2) is 27.0 Å². The number of hydrogen-bond acceptors (Lipinski definition) is 6. The average Bonchev–Trinajstić information content (AvgIpc) is 3.03. The van der Waals surface area contributed by atoms with E-state index >= 15 is 0 Å². The summed E-state index contributed by atoms with van der Waals surface area (Å²) in [7, 11) is 0. The van der Waals surface area contributed by atoms with E-state index in [0.29, 0.717) is 21.0 Å². The fourth-order valence-corrected chi connectivity index (χ4v) is 3.23. The maximum absolute atomic E-state index is 12.0. The van der Waals surface area contributed by atoms with E-state index in [1.54, 1.807) is 11.4 Å². The standard InChI is InChI=1S/C13H9N3O3S2/c1-6-14-9(5-20-6)11(17)16-13-15-8-3-2-7(12(18)19)4-10(8)21-13/h2-5H,1H3,(H,18,19)(H,15,16,17). The maximum atomic E-state index is 12.0. The third kappa shape index (κ3) is 2.76. The molecule has 2 heterocycles. The van der Waals surface area contributed by atoms with Crippen LogP contribution in [0.5, 0.6) is 0 Å². The van der Waals surface area contributed by atoms with Crippen molar-refractivity contribution in [1.29, 1.82) is 0 Å².